The number of nitrogens with zero attached hydrogens (tertiary/aromatic N) is 2. The first kappa shape index (κ1) is 16.5. The lowest BCUT2D eigenvalue weighted by atomic mass is 10.0. The van der Waals surface area contributed by atoms with Gasteiger partial charge in [-0.15, -0.1) is 11.3 Å². The molecule has 2 aromatic carbocycles. The van der Waals surface area contributed by atoms with Gasteiger partial charge in [0.25, 0.3) is 5.91 Å². The van der Waals surface area contributed by atoms with E-state index in [0.29, 0.717) is 12.1 Å². The number of benzene rings is 2. The number of fused-ring (bicyclic) bond motifs is 1. The van der Waals surface area contributed by atoms with E-state index in [2.05, 4.69) is 9.97 Å². The molecule has 0 aliphatic carbocycles. The van der Waals surface area contributed by atoms with Crippen LogP contribution in [-0.2, 0) is 6.54 Å². The van der Waals surface area contributed by atoms with E-state index in [1.54, 1.807) is 47.8 Å². The van der Waals surface area contributed by atoms with Crippen LogP contribution in [0.5, 0.6) is 0 Å². The van der Waals surface area contributed by atoms with Crippen molar-refractivity contribution in [3.05, 3.63) is 77.3 Å². The van der Waals surface area contributed by atoms with Gasteiger partial charge in [0, 0.05) is 25.0 Å². The minimum absolute atomic E-state index is 0.107. The zero-order chi connectivity index (χ0) is 18.1. The van der Waals surface area contributed by atoms with Gasteiger partial charge in [-0.3, -0.25) is 4.79 Å². The SMILES string of the molecule is CN(Cc1nc2ccccc2s1)C(=O)c1c[nH]cc1-c1ccc(F)cc1. The Morgan fingerprint density at radius 2 is 1.92 bits per heavy atom. The van der Waals surface area contributed by atoms with Gasteiger partial charge in [-0.2, -0.15) is 0 Å². The number of H-pyrrole nitrogens is 1. The Morgan fingerprint density at radius 1 is 1.15 bits per heavy atom. The summed E-state index contributed by atoms with van der Waals surface area (Å²) in [6.07, 6.45) is 3.43. The van der Waals surface area contributed by atoms with Crippen molar-refractivity contribution in [2.45, 2.75) is 6.54 Å². The topological polar surface area (TPSA) is 49.0 Å². The van der Waals surface area contributed by atoms with Crippen molar-refractivity contribution < 1.29 is 9.18 Å². The normalized spacial score (nSPS) is 11.0. The third kappa shape index (κ3) is 3.11. The number of halogens is 1. The lowest BCUT2D eigenvalue weighted by molar-refractivity contribution is 0.0786. The number of carbonyl (C=O) groups excluding carboxylic acids is 1. The molecule has 0 radical (unpaired) electrons. The Kier molecular flexibility index (Phi) is 4.26. The molecule has 1 N–H and O–H groups in total. The number of carbonyl (C=O) groups is 1. The summed E-state index contributed by atoms with van der Waals surface area (Å²) in [4.78, 5) is 22.1. The highest BCUT2D eigenvalue weighted by Crippen LogP contribution is 2.26. The van der Waals surface area contributed by atoms with E-state index in [1.165, 1.54) is 12.1 Å². The predicted octanol–water partition coefficient (Wildman–Crippen LogP) is 4.70. The van der Waals surface area contributed by atoms with Gasteiger partial charge in [0.2, 0.25) is 0 Å². The molecule has 26 heavy (non-hydrogen) atoms. The summed E-state index contributed by atoms with van der Waals surface area (Å²) in [5.74, 6) is -0.407. The lowest BCUT2D eigenvalue weighted by Crippen LogP contribution is -2.26. The fourth-order valence-corrected chi connectivity index (χ4v) is 3.90. The van der Waals surface area contributed by atoms with Crippen LogP contribution in [0.4, 0.5) is 4.39 Å². The van der Waals surface area contributed by atoms with Crippen molar-refractivity contribution in [2.75, 3.05) is 7.05 Å². The summed E-state index contributed by atoms with van der Waals surface area (Å²) in [7, 11) is 1.76. The molecule has 130 valence electrons. The van der Waals surface area contributed by atoms with Crippen LogP contribution in [0.2, 0.25) is 0 Å². The standard InChI is InChI=1S/C20H16FN3OS/c1-24(12-19-23-17-4-2-3-5-18(17)26-19)20(25)16-11-22-10-15(16)13-6-8-14(21)9-7-13/h2-11,22H,12H2,1H3. The van der Waals surface area contributed by atoms with Crippen LogP contribution in [0.25, 0.3) is 21.3 Å². The molecule has 4 nitrogen and oxygen atoms in total. The molecule has 0 spiro atoms. The maximum absolute atomic E-state index is 13.2. The zero-order valence-electron chi connectivity index (χ0n) is 14.1. The zero-order valence-corrected chi connectivity index (χ0v) is 14.9. The van der Waals surface area contributed by atoms with Gasteiger partial charge in [-0.05, 0) is 29.8 Å². The number of hydrogen-bond donors (Lipinski definition) is 1. The summed E-state index contributed by atoms with van der Waals surface area (Å²) in [5.41, 5.74) is 3.05. The molecule has 0 fully saturated rings. The van der Waals surface area contributed by atoms with Gasteiger partial charge in [0.1, 0.15) is 10.8 Å². The van der Waals surface area contributed by atoms with Crippen LogP contribution in [0.3, 0.4) is 0 Å². The summed E-state index contributed by atoms with van der Waals surface area (Å²) >= 11 is 1.59. The summed E-state index contributed by atoms with van der Waals surface area (Å²) in [6, 6.07) is 14.0. The third-order valence-electron chi connectivity index (χ3n) is 4.19. The minimum atomic E-state index is -0.301. The Balaban J connectivity index is 1.57. The number of thiazole rings is 1. The maximum atomic E-state index is 13.2. The van der Waals surface area contributed by atoms with Gasteiger partial charge in [0.15, 0.2) is 0 Å². The molecule has 4 rings (SSSR count). The van der Waals surface area contributed by atoms with Crippen molar-refractivity contribution in [2.24, 2.45) is 0 Å². The third-order valence-corrected chi connectivity index (χ3v) is 5.21. The van der Waals surface area contributed by atoms with Crippen LogP contribution in [0.15, 0.2) is 60.9 Å². The van der Waals surface area contributed by atoms with Crippen molar-refractivity contribution in [3.8, 4) is 11.1 Å². The molecular formula is C20H16FN3OS. The second kappa shape index (κ2) is 6.72. The number of aromatic nitrogens is 2. The van der Waals surface area contributed by atoms with Crippen molar-refractivity contribution in [1.82, 2.24) is 14.9 Å². The van der Waals surface area contributed by atoms with Crippen molar-refractivity contribution in [3.63, 3.8) is 0 Å². The average molecular weight is 365 g/mol. The highest BCUT2D eigenvalue weighted by Gasteiger charge is 2.19. The van der Waals surface area contributed by atoms with Crippen molar-refractivity contribution >= 4 is 27.5 Å². The second-order valence-electron chi connectivity index (χ2n) is 6.03. The molecule has 4 aromatic rings. The second-order valence-corrected chi connectivity index (χ2v) is 7.14. The van der Waals surface area contributed by atoms with Crippen LogP contribution in [0, 0.1) is 5.82 Å². The van der Waals surface area contributed by atoms with Crippen molar-refractivity contribution in [1.29, 1.82) is 0 Å². The summed E-state index contributed by atoms with van der Waals surface area (Å²) in [6.45, 7) is 0.437. The smallest absolute Gasteiger partial charge is 0.256 e. The molecule has 2 heterocycles. The Labute approximate surface area is 153 Å². The fraction of sp³-hybridized carbons (Fsp3) is 0.100. The van der Waals surface area contributed by atoms with E-state index >= 15 is 0 Å². The van der Waals surface area contributed by atoms with Crippen LogP contribution in [0.1, 0.15) is 15.4 Å². The first-order valence-electron chi connectivity index (χ1n) is 8.14. The Hall–Kier alpha value is -2.99. The monoisotopic (exact) mass is 365 g/mol. The largest absolute Gasteiger partial charge is 0.366 e. The molecule has 0 unspecified atom stereocenters. The number of para-hydroxylation sites is 1. The fourth-order valence-electron chi connectivity index (χ4n) is 2.88. The molecule has 0 atom stereocenters. The van der Waals surface area contributed by atoms with Crippen LogP contribution >= 0.6 is 11.3 Å². The van der Waals surface area contributed by atoms with E-state index in [-0.39, 0.29) is 11.7 Å². The molecule has 2 aromatic heterocycles. The van der Waals surface area contributed by atoms with Crippen LogP contribution < -0.4 is 0 Å². The number of hydrogen-bond acceptors (Lipinski definition) is 3. The van der Waals surface area contributed by atoms with Gasteiger partial charge in [-0.25, -0.2) is 9.37 Å². The number of nitrogens with one attached hydrogen (secondary N) is 1. The quantitative estimate of drug-likeness (QED) is 0.570. The predicted molar refractivity (Wildman–Crippen MR) is 102 cm³/mol. The molecular weight excluding hydrogens is 349 g/mol. The lowest BCUT2D eigenvalue weighted by Gasteiger charge is -2.16. The first-order valence-corrected chi connectivity index (χ1v) is 8.96. The molecule has 0 aliphatic heterocycles. The van der Waals surface area contributed by atoms with E-state index in [9.17, 15) is 9.18 Å². The maximum Gasteiger partial charge on any atom is 0.256 e. The molecule has 1 amide bonds. The van der Waals surface area contributed by atoms with Crippen LogP contribution in [-0.4, -0.2) is 27.8 Å². The highest BCUT2D eigenvalue weighted by molar-refractivity contribution is 7.18. The Bertz CT molecular complexity index is 1040. The summed E-state index contributed by atoms with van der Waals surface area (Å²) < 4.78 is 14.3. The number of rotatable bonds is 4. The molecule has 0 aliphatic rings. The molecule has 0 saturated heterocycles. The first-order chi connectivity index (χ1) is 12.6. The summed E-state index contributed by atoms with van der Waals surface area (Å²) in [5, 5.41) is 0.890. The van der Waals surface area contributed by atoms with E-state index < -0.39 is 0 Å². The van der Waals surface area contributed by atoms with Gasteiger partial charge in [-0.1, -0.05) is 24.3 Å². The van der Waals surface area contributed by atoms with E-state index in [1.807, 2.05) is 24.3 Å². The molecule has 0 bridgehead atoms. The van der Waals surface area contributed by atoms with Gasteiger partial charge in [0.05, 0.1) is 22.3 Å². The number of aromatic amines is 1. The minimum Gasteiger partial charge on any atom is -0.366 e. The van der Waals surface area contributed by atoms with Gasteiger partial charge < -0.3 is 9.88 Å². The van der Waals surface area contributed by atoms with E-state index in [4.69, 9.17) is 0 Å². The molecule has 0 saturated carbocycles. The highest BCUT2D eigenvalue weighted by atomic mass is 32.1. The number of amides is 1. The average Bonchev–Trinajstić information content (AvgIpc) is 3.28. The Morgan fingerprint density at radius 3 is 2.69 bits per heavy atom. The van der Waals surface area contributed by atoms with E-state index in [0.717, 1.165) is 26.4 Å². The molecule has 6 heteroatoms. The van der Waals surface area contributed by atoms with Gasteiger partial charge >= 0.3 is 0 Å².